The summed E-state index contributed by atoms with van der Waals surface area (Å²) in [5, 5.41) is 13.4. The lowest BCUT2D eigenvalue weighted by molar-refractivity contribution is -0.139. The Morgan fingerprint density at radius 3 is 2.15 bits per heavy atom. The average molecular weight is 921 g/mol. The van der Waals surface area contributed by atoms with Crippen LogP contribution >= 0.6 is 0 Å². The monoisotopic (exact) mass is 921 g/mol. The van der Waals surface area contributed by atoms with Gasteiger partial charge in [0.05, 0.1) is 41.9 Å². The number of hydrogen-bond acceptors (Lipinski definition) is 14. The molecule has 4 amide bonds. The number of hydrogen-bond donors (Lipinski definition) is 3. The molecule has 3 atom stereocenters. The summed E-state index contributed by atoms with van der Waals surface area (Å²) in [5.74, 6) is 0.378. The van der Waals surface area contributed by atoms with Crippen molar-refractivity contribution in [2.24, 2.45) is 24.8 Å². The average Bonchev–Trinajstić information content (AvgIpc) is 4.04. The van der Waals surface area contributed by atoms with Crippen molar-refractivity contribution in [1.82, 2.24) is 44.7 Å². The van der Waals surface area contributed by atoms with Gasteiger partial charge in [0, 0.05) is 103 Å². The third-order valence-corrected chi connectivity index (χ3v) is 15.2. The number of nitrogens with one attached hydrogen (secondary N) is 3. The van der Waals surface area contributed by atoms with Gasteiger partial charge in [-0.1, -0.05) is 12.1 Å². The molecule has 360 valence electrons. The van der Waals surface area contributed by atoms with Crippen molar-refractivity contribution in [3.63, 3.8) is 0 Å². The predicted octanol–water partition coefficient (Wildman–Crippen LogP) is 3.91. The summed E-state index contributed by atoms with van der Waals surface area (Å²) in [6.07, 6.45) is 12.2. The van der Waals surface area contributed by atoms with Gasteiger partial charge in [0.1, 0.15) is 11.4 Å². The van der Waals surface area contributed by atoms with Crippen molar-refractivity contribution >= 4 is 52.7 Å². The first-order valence-electron chi connectivity index (χ1n) is 24.8. The molecule has 67 heavy (non-hydrogen) atoms. The number of aryl methyl sites for hydroxylation is 2. The number of aromatic nitrogens is 4. The minimum Gasteiger partial charge on any atom is -0.462 e. The van der Waals surface area contributed by atoms with E-state index >= 15 is 0 Å². The molecule has 6 heterocycles. The van der Waals surface area contributed by atoms with E-state index in [2.05, 4.69) is 52.9 Å². The van der Waals surface area contributed by atoms with Gasteiger partial charge in [-0.2, -0.15) is 10.1 Å². The standard InChI is InChI=1S/C49H68N12O6/c1-4-67-48(66)43-32(2)51-49(53-36-30-50-56(3)31-36)55-44(43)52-35-7-11-38(12-8-35)59-25-27-61(28-26-59)47(65)41-29-40(41)46(64)60-19-16-33(17-20-60)15-18-57-21-23-58(24-22-57)37-9-5-34(6-10-37)39-13-14-42(62)54-45(39)63/h5-6,9-10,30-31,33,35,38-41H,4,7-8,11-29H2,1-3H3,(H,54,62,63)(H2,51,52,53,55)/t35?,38?,39?,40-,41-/m1/s1. The molecule has 2 aromatic heterocycles. The minimum atomic E-state index is -0.441. The third-order valence-electron chi connectivity index (χ3n) is 15.2. The lowest BCUT2D eigenvalue weighted by Gasteiger charge is -2.42. The molecule has 0 spiro atoms. The highest BCUT2D eigenvalue weighted by Gasteiger charge is 2.51. The van der Waals surface area contributed by atoms with E-state index in [4.69, 9.17) is 9.72 Å². The van der Waals surface area contributed by atoms with Crippen molar-refractivity contribution in [3.8, 4) is 0 Å². The molecule has 4 saturated heterocycles. The van der Waals surface area contributed by atoms with E-state index in [1.165, 1.54) is 5.69 Å². The van der Waals surface area contributed by atoms with Gasteiger partial charge in [0.15, 0.2) is 0 Å². The number of carbonyl (C=O) groups is 5. The SMILES string of the molecule is CCOC(=O)c1c(C)nc(Nc2cnn(C)c2)nc1NC1CCC(N2CCN(C(=O)[C@@H]3C[C@H]3C(=O)N3CCC(CCN4CCN(c5ccc(C6CCC(=O)NC6=O)cc5)CC4)CC3)CC2)CC1. The van der Waals surface area contributed by atoms with E-state index < -0.39 is 5.97 Å². The summed E-state index contributed by atoms with van der Waals surface area (Å²) in [6.45, 7) is 13.5. The number of piperidine rings is 2. The molecule has 18 heteroatoms. The smallest absolute Gasteiger partial charge is 0.343 e. The maximum Gasteiger partial charge on any atom is 0.343 e. The van der Waals surface area contributed by atoms with Crippen molar-refractivity contribution in [2.75, 3.05) is 94.1 Å². The molecule has 0 radical (unpaired) electrons. The number of imide groups is 1. The second-order valence-electron chi connectivity index (χ2n) is 19.5. The van der Waals surface area contributed by atoms with Crippen LogP contribution in [-0.4, -0.2) is 160 Å². The van der Waals surface area contributed by atoms with Crippen LogP contribution in [0.2, 0.25) is 0 Å². The molecule has 1 unspecified atom stereocenters. The number of likely N-dealkylation sites (tertiary alicyclic amines) is 1. The number of benzene rings is 1. The highest BCUT2D eigenvalue weighted by Crippen LogP contribution is 2.42. The Kier molecular flexibility index (Phi) is 14.4. The van der Waals surface area contributed by atoms with Crippen LogP contribution in [0.15, 0.2) is 36.7 Å². The largest absolute Gasteiger partial charge is 0.462 e. The summed E-state index contributed by atoms with van der Waals surface area (Å²) in [5.41, 5.74) is 3.78. The molecule has 6 aliphatic rings. The second kappa shape index (κ2) is 20.7. The summed E-state index contributed by atoms with van der Waals surface area (Å²) in [6, 6.07) is 8.85. The van der Waals surface area contributed by atoms with Crippen LogP contribution in [0.3, 0.4) is 0 Å². The maximum absolute atomic E-state index is 13.7. The molecule has 3 N–H and O–H groups in total. The Balaban J connectivity index is 0.659. The Hall–Kier alpha value is -5.62. The second-order valence-corrected chi connectivity index (χ2v) is 19.5. The lowest BCUT2D eigenvalue weighted by atomic mass is 9.89. The first-order chi connectivity index (χ1) is 32.5. The zero-order valence-electron chi connectivity index (χ0n) is 39.5. The quantitative estimate of drug-likeness (QED) is 0.156. The van der Waals surface area contributed by atoms with Crippen molar-refractivity contribution in [2.45, 2.75) is 96.1 Å². The van der Waals surface area contributed by atoms with E-state index in [0.717, 1.165) is 115 Å². The Morgan fingerprint density at radius 2 is 1.51 bits per heavy atom. The van der Waals surface area contributed by atoms with Gasteiger partial charge in [-0.05, 0) is 102 Å². The molecular formula is C49H68N12O6. The normalized spacial score (nSPS) is 25.4. The zero-order chi connectivity index (χ0) is 46.6. The van der Waals surface area contributed by atoms with Crippen molar-refractivity contribution < 1.29 is 28.7 Å². The highest BCUT2D eigenvalue weighted by atomic mass is 16.5. The molecular weight excluding hydrogens is 853 g/mol. The first-order valence-corrected chi connectivity index (χ1v) is 24.8. The molecule has 18 nitrogen and oxygen atoms in total. The molecule has 4 aliphatic heterocycles. The maximum atomic E-state index is 13.7. The van der Waals surface area contributed by atoms with Crippen LogP contribution in [0, 0.1) is 24.7 Å². The number of rotatable bonds is 14. The number of amides is 4. The third kappa shape index (κ3) is 11.1. The fourth-order valence-electron chi connectivity index (χ4n) is 11.1. The van der Waals surface area contributed by atoms with Gasteiger partial charge >= 0.3 is 5.97 Å². The van der Waals surface area contributed by atoms with E-state index in [1.54, 1.807) is 24.7 Å². The predicted molar refractivity (Wildman–Crippen MR) is 253 cm³/mol. The molecule has 2 saturated carbocycles. The summed E-state index contributed by atoms with van der Waals surface area (Å²) < 4.78 is 7.07. The number of anilines is 4. The van der Waals surface area contributed by atoms with E-state index in [9.17, 15) is 24.0 Å². The Morgan fingerprint density at radius 1 is 0.821 bits per heavy atom. The Bertz CT molecular complexity index is 2260. The van der Waals surface area contributed by atoms with Crippen LogP contribution in [0.25, 0.3) is 0 Å². The number of carbonyl (C=O) groups excluding carboxylic acids is 5. The minimum absolute atomic E-state index is 0.143. The summed E-state index contributed by atoms with van der Waals surface area (Å²) in [4.78, 5) is 84.9. The van der Waals surface area contributed by atoms with E-state index in [1.807, 2.05) is 35.2 Å². The van der Waals surface area contributed by atoms with Crippen molar-refractivity contribution in [1.29, 1.82) is 0 Å². The zero-order valence-corrected chi connectivity index (χ0v) is 39.5. The van der Waals surface area contributed by atoms with E-state index in [0.29, 0.717) is 67.3 Å². The molecule has 9 rings (SSSR count). The fourth-order valence-corrected chi connectivity index (χ4v) is 11.1. The first kappa shape index (κ1) is 46.5. The number of piperazine rings is 2. The van der Waals surface area contributed by atoms with Crippen LogP contribution in [0.5, 0.6) is 0 Å². The van der Waals surface area contributed by atoms with Gasteiger partial charge in [0.2, 0.25) is 29.6 Å². The summed E-state index contributed by atoms with van der Waals surface area (Å²) >= 11 is 0. The number of ether oxygens (including phenoxy) is 1. The van der Waals surface area contributed by atoms with Crippen LogP contribution in [0.1, 0.15) is 98.7 Å². The molecule has 1 aromatic carbocycles. The topological polar surface area (TPSA) is 190 Å². The fraction of sp³-hybridized carbons (Fsp3) is 0.633. The lowest BCUT2D eigenvalue weighted by Crippen LogP contribution is -2.53. The van der Waals surface area contributed by atoms with E-state index in [-0.39, 0.29) is 54.0 Å². The molecule has 3 aromatic rings. The highest BCUT2D eigenvalue weighted by molar-refractivity contribution is 6.01. The van der Waals surface area contributed by atoms with Gasteiger partial charge in [0.25, 0.3) is 0 Å². The van der Waals surface area contributed by atoms with Crippen LogP contribution in [-0.2, 0) is 31.0 Å². The van der Waals surface area contributed by atoms with Gasteiger partial charge in [-0.25, -0.2) is 9.78 Å². The number of esters is 1. The van der Waals surface area contributed by atoms with Gasteiger partial charge in [-0.3, -0.25) is 39.0 Å². The molecule has 2 aliphatic carbocycles. The van der Waals surface area contributed by atoms with Gasteiger partial charge in [-0.15, -0.1) is 0 Å². The van der Waals surface area contributed by atoms with Crippen LogP contribution in [0.4, 0.5) is 23.1 Å². The Labute approximate surface area is 393 Å². The summed E-state index contributed by atoms with van der Waals surface area (Å²) in [7, 11) is 1.84. The molecule has 0 bridgehead atoms. The van der Waals surface area contributed by atoms with Gasteiger partial charge < -0.3 is 30.1 Å². The van der Waals surface area contributed by atoms with Crippen LogP contribution < -0.4 is 20.9 Å². The van der Waals surface area contributed by atoms with Crippen molar-refractivity contribution in [3.05, 3.63) is 53.5 Å². The molecule has 6 fully saturated rings. The number of nitrogens with zero attached hydrogens (tertiary/aromatic N) is 9.